The molecule has 0 saturated heterocycles. The predicted octanol–water partition coefficient (Wildman–Crippen LogP) is 4.13. The van der Waals surface area contributed by atoms with Crippen molar-refractivity contribution in [2.75, 3.05) is 0 Å². The monoisotopic (exact) mass is 390 g/mol. The van der Waals surface area contributed by atoms with E-state index in [-0.39, 0.29) is 4.90 Å². The van der Waals surface area contributed by atoms with Crippen LogP contribution in [0.1, 0.15) is 0 Å². The molecule has 0 fully saturated rings. The van der Waals surface area contributed by atoms with Crippen LogP contribution in [0.5, 0.6) is 0 Å². The molecule has 1 N–H and O–H groups in total. The molecule has 0 spiro atoms. The van der Waals surface area contributed by atoms with Gasteiger partial charge in [0.2, 0.25) is 0 Å². The summed E-state index contributed by atoms with van der Waals surface area (Å²) in [6, 6.07) is 11.9. The van der Waals surface area contributed by atoms with Gasteiger partial charge in [-0.1, -0.05) is 30.3 Å². The SMILES string of the molecule is O=S(=O)(O)c1ccc(Br)c(Br)c1-c1ccccc1. The highest BCUT2D eigenvalue weighted by Gasteiger charge is 2.20. The highest BCUT2D eigenvalue weighted by molar-refractivity contribution is 9.13. The largest absolute Gasteiger partial charge is 0.295 e. The Hall–Kier alpha value is -0.690. The van der Waals surface area contributed by atoms with Gasteiger partial charge in [0.25, 0.3) is 10.1 Å². The second-order valence-corrected chi connectivity index (χ2v) is 6.61. The van der Waals surface area contributed by atoms with Gasteiger partial charge in [0, 0.05) is 14.5 Å². The van der Waals surface area contributed by atoms with Crippen molar-refractivity contribution < 1.29 is 13.0 Å². The molecule has 2 rings (SSSR count). The number of hydrogen-bond acceptors (Lipinski definition) is 2. The third kappa shape index (κ3) is 2.66. The minimum atomic E-state index is -4.27. The van der Waals surface area contributed by atoms with Crippen molar-refractivity contribution >= 4 is 42.0 Å². The molecular formula is C12H8Br2O3S. The Kier molecular flexibility index (Phi) is 3.91. The Morgan fingerprint density at radius 2 is 1.56 bits per heavy atom. The maximum Gasteiger partial charge on any atom is 0.295 e. The lowest BCUT2D eigenvalue weighted by Gasteiger charge is -2.11. The van der Waals surface area contributed by atoms with Gasteiger partial charge >= 0.3 is 0 Å². The van der Waals surface area contributed by atoms with Crippen LogP contribution in [0.3, 0.4) is 0 Å². The average molecular weight is 392 g/mol. The molecule has 0 bridgehead atoms. The molecule has 0 atom stereocenters. The highest BCUT2D eigenvalue weighted by atomic mass is 79.9. The molecule has 0 saturated carbocycles. The smallest absolute Gasteiger partial charge is 0.282 e. The van der Waals surface area contributed by atoms with E-state index in [9.17, 15) is 13.0 Å². The lowest BCUT2D eigenvalue weighted by atomic mass is 10.1. The molecule has 2 aromatic rings. The van der Waals surface area contributed by atoms with Gasteiger partial charge < -0.3 is 0 Å². The normalized spacial score (nSPS) is 11.5. The Morgan fingerprint density at radius 3 is 2.11 bits per heavy atom. The van der Waals surface area contributed by atoms with E-state index in [0.717, 1.165) is 0 Å². The summed E-state index contributed by atoms with van der Waals surface area (Å²) in [6.07, 6.45) is 0. The Bertz CT molecular complexity index is 682. The fourth-order valence-electron chi connectivity index (χ4n) is 1.62. The van der Waals surface area contributed by atoms with Gasteiger partial charge in [0.1, 0.15) is 4.90 Å². The van der Waals surface area contributed by atoms with Crippen molar-refractivity contribution in [1.29, 1.82) is 0 Å². The molecule has 0 amide bonds. The number of rotatable bonds is 2. The Balaban J connectivity index is 2.84. The van der Waals surface area contributed by atoms with Crippen molar-refractivity contribution in [3.8, 4) is 11.1 Å². The number of benzene rings is 2. The minimum Gasteiger partial charge on any atom is -0.282 e. The van der Waals surface area contributed by atoms with Crippen LogP contribution in [0.15, 0.2) is 56.3 Å². The van der Waals surface area contributed by atoms with Crippen molar-refractivity contribution in [1.82, 2.24) is 0 Å². The minimum absolute atomic E-state index is 0.122. The van der Waals surface area contributed by atoms with Crippen molar-refractivity contribution in [3.05, 3.63) is 51.4 Å². The van der Waals surface area contributed by atoms with E-state index < -0.39 is 10.1 Å². The van der Waals surface area contributed by atoms with Crippen LogP contribution in [-0.4, -0.2) is 13.0 Å². The second-order valence-electron chi connectivity index (χ2n) is 3.58. The van der Waals surface area contributed by atoms with Crippen molar-refractivity contribution in [3.63, 3.8) is 0 Å². The third-order valence-electron chi connectivity index (χ3n) is 2.40. The Morgan fingerprint density at radius 1 is 0.944 bits per heavy atom. The first-order chi connectivity index (χ1) is 8.41. The van der Waals surface area contributed by atoms with Crippen LogP contribution >= 0.6 is 31.9 Å². The van der Waals surface area contributed by atoms with Gasteiger partial charge in [-0.3, -0.25) is 4.55 Å². The second kappa shape index (κ2) is 5.13. The summed E-state index contributed by atoms with van der Waals surface area (Å²) in [5.74, 6) is 0. The lowest BCUT2D eigenvalue weighted by Crippen LogP contribution is -2.01. The van der Waals surface area contributed by atoms with Gasteiger partial charge in [-0.2, -0.15) is 8.42 Å². The standard InChI is InChI=1S/C12H8Br2O3S/c13-9-6-7-10(18(15,16)17)11(12(9)14)8-4-2-1-3-5-8/h1-7H,(H,15,16,17). The molecule has 0 aliphatic heterocycles. The molecule has 0 radical (unpaired) electrons. The van der Waals surface area contributed by atoms with E-state index in [1.807, 2.05) is 6.07 Å². The van der Waals surface area contributed by atoms with E-state index in [1.165, 1.54) is 6.07 Å². The van der Waals surface area contributed by atoms with Crippen LogP contribution < -0.4 is 0 Å². The summed E-state index contributed by atoms with van der Waals surface area (Å²) in [5, 5.41) is 0. The highest BCUT2D eigenvalue weighted by Crippen LogP contribution is 2.38. The molecular weight excluding hydrogens is 384 g/mol. The fourth-order valence-corrected chi connectivity index (χ4v) is 3.38. The van der Waals surface area contributed by atoms with Crippen molar-refractivity contribution in [2.24, 2.45) is 0 Å². The first-order valence-electron chi connectivity index (χ1n) is 4.92. The molecule has 18 heavy (non-hydrogen) atoms. The first kappa shape index (κ1) is 13.7. The van der Waals surface area contributed by atoms with E-state index in [0.29, 0.717) is 20.1 Å². The average Bonchev–Trinajstić information content (AvgIpc) is 2.32. The summed E-state index contributed by atoms with van der Waals surface area (Å²) in [6.45, 7) is 0. The molecule has 6 heteroatoms. The summed E-state index contributed by atoms with van der Waals surface area (Å²) < 4.78 is 33.4. The van der Waals surface area contributed by atoms with E-state index in [1.54, 1.807) is 30.3 Å². The molecule has 0 aromatic heterocycles. The van der Waals surface area contributed by atoms with Gasteiger partial charge in [-0.05, 0) is 49.6 Å². The summed E-state index contributed by atoms with van der Waals surface area (Å²) in [5.41, 5.74) is 1.14. The molecule has 2 aromatic carbocycles. The fraction of sp³-hybridized carbons (Fsp3) is 0. The van der Waals surface area contributed by atoms with E-state index in [2.05, 4.69) is 31.9 Å². The molecule has 0 unspecified atom stereocenters. The number of hydrogen-bond donors (Lipinski definition) is 1. The first-order valence-corrected chi connectivity index (χ1v) is 7.95. The Labute approximate surface area is 122 Å². The van der Waals surface area contributed by atoms with Crippen LogP contribution in [0.25, 0.3) is 11.1 Å². The number of halogens is 2. The lowest BCUT2D eigenvalue weighted by molar-refractivity contribution is 0.483. The summed E-state index contributed by atoms with van der Waals surface area (Å²) in [7, 11) is -4.27. The zero-order valence-electron chi connectivity index (χ0n) is 8.97. The van der Waals surface area contributed by atoms with E-state index >= 15 is 0 Å². The molecule has 0 heterocycles. The third-order valence-corrected chi connectivity index (χ3v) is 5.31. The zero-order chi connectivity index (χ0) is 13.3. The maximum atomic E-state index is 11.4. The zero-order valence-corrected chi connectivity index (χ0v) is 13.0. The topological polar surface area (TPSA) is 54.4 Å². The van der Waals surface area contributed by atoms with Crippen LogP contribution in [0.2, 0.25) is 0 Å². The van der Waals surface area contributed by atoms with Crippen LogP contribution in [-0.2, 0) is 10.1 Å². The van der Waals surface area contributed by atoms with Gasteiger partial charge in [-0.25, -0.2) is 0 Å². The van der Waals surface area contributed by atoms with Gasteiger partial charge in [-0.15, -0.1) is 0 Å². The van der Waals surface area contributed by atoms with Crippen LogP contribution in [0.4, 0.5) is 0 Å². The molecule has 0 aliphatic rings. The maximum absolute atomic E-state index is 11.4. The molecule has 0 aliphatic carbocycles. The van der Waals surface area contributed by atoms with Crippen LogP contribution in [0, 0.1) is 0 Å². The summed E-state index contributed by atoms with van der Waals surface area (Å²) >= 11 is 6.66. The van der Waals surface area contributed by atoms with Gasteiger partial charge in [0.05, 0.1) is 0 Å². The predicted molar refractivity (Wildman–Crippen MR) is 77.1 cm³/mol. The summed E-state index contributed by atoms with van der Waals surface area (Å²) in [4.78, 5) is -0.122. The van der Waals surface area contributed by atoms with Gasteiger partial charge in [0.15, 0.2) is 0 Å². The molecule has 94 valence electrons. The van der Waals surface area contributed by atoms with Crippen molar-refractivity contribution in [2.45, 2.75) is 4.90 Å². The quantitative estimate of drug-likeness (QED) is 0.783. The molecule has 3 nitrogen and oxygen atoms in total. The van der Waals surface area contributed by atoms with E-state index in [4.69, 9.17) is 0 Å².